The number of nitrogens with zero attached hydrogens (tertiary/aromatic N) is 2. The van der Waals surface area contributed by atoms with E-state index in [9.17, 15) is 0 Å². The van der Waals surface area contributed by atoms with Crippen molar-refractivity contribution < 1.29 is 0 Å². The molecule has 0 amide bonds. The van der Waals surface area contributed by atoms with Crippen molar-refractivity contribution in [2.24, 2.45) is 4.99 Å². The van der Waals surface area contributed by atoms with Gasteiger partial charge in [-0.05, 0) is 24.5 Å². The lowest BCUT2D eigenvalue weighted by molar-refractivity contribution is 0.332. The highest BCUT2D eigenvalue weighted by Gasteiger charge is 2.38. The van der Waals surface area contributed by atoms with Gasteiger partial charge in [0.2, 0.25) is 0 Å². The standard InChI is InChI=1S/C12H13IN2/c13-15-7-5-12(6-8-15)9-14-11-4-2-1-3-10(11)12/h1-4,9H,5-8H2. The molecule has 0 atom stereocenters. The topological polar surface area (TPSA) is 15.6 Å². The molecule has 1 spiro atoms. The van der Waals surface area contributed by atoms with Gasteiger partial charge in [-0.25, -0.2) is 3.11 Å². The fourth-order valence-electron chi connectivity index (χ4n) is 2.55. The van der Waals surface area contributed by atoms with Gasteiger partial charge < -0.3 is 0 Å². The fourth-order valence-corrected chi connectivity index (χ4v) is 3.03. The highest BCUT2D eigenvalue weighted by atomic mass is 127. The second-order valence-corrected chi connectivity index (χ2v) is 5.71. The van der Waals surface area contributed by atoms with E-state index < -0.39 is 0 Å². The molecule has 0 N–H and O–H groups in total. The predicted octanol–water partition coefficient (Wildman–Crippen LogP) is 3.09. The quantitative estimate of drug-likeness (QED) is 0.531. The first-order valence-corrected chi connectivity index (χ1v) is 6.32. The number of aliphatic imine (C=N–C) groups is 1. The average Bonchev–Trinajstić information content (AvgIpc) is 2.63. The van der Waals surface area contributed by atoms with Crippen molar-refractivity contribution in [2.45, 2.75) is 18.3 Å². The van der Waals surface area contributed by atoms with Crippen LogP contribution in [-0.4, -0.2) is 22.4 Å². The zero-order valence-electron chi connectivity index (χ0n) is 8.49. The lowest BCUT2D eigenvalue weighted by atomic mass is 9.75. The zero-order valence-corrected chi connectivity index (χ0v) is 10.6. The van der Waals surface area contributed by atoms with Gasteiger partial charge in [-0.1, -0.05) is 18.2 Å². The molecule has 78 valence electrons. The Morgan fingerprint density at radius 2 is 1.93 bits per heavy atom. The van der Waals surface area contributed by atoms with Crippen LogP contribution in [0.5, 0.6) is 0 Å². The summed E-state index contributed by atoms with van der Waals surface area (Å²) >= 11 is 2.41. The molecule has 2 aliphatic heterocycles. The summed E-state index contributed by atoms with van der Waals surface area (Å²) in [4.78, 5) is 4.56. The Bertz CT molecular complexity index is 406. The summed E-state index contributed by atoms with van der Waals surface area (Å²) in [6.45, 7) is 2.34. The van der Waals surface area contributed by atoms with Crippen LogP contribution >= 0.6 is 22.9 Å². The first-order chi connectivity index (χ1) is 7.30. The van der Waals surface area contributed by atoms with Crippen LogP contribution in [0, 0.1) is 0 Å². The summed E-state index contributed by atoms with van der Waals surface area (Å²) in [5, 5.41) is 0. The maximum Gasteiger partial charge on any atom is 0.0667 e. The van der Waals surface area contributed by atoms with Gasteiger partial charge >= 0.3 is 0 Å². The summed E-state index contributed by atoms with van der Waals surface area (Å²) < 4.78 is 2.37. The minimum absolute atomic E-state index is 0.248. The van der Waals surface area contributed by atoms with Crippen molar-refractivity contribution in [3.63, 3.8) is 0 Å². The number of fused-ring (bicyclic) bond motifs is 2. The van der Waals surface area contributed by atoms with Gasteiger partial charge in [0.25, 0.3) is 0 Å². The molecule has 2 aliphatic rings. The highest BCUT2D eigenvalue weighted by Crippen LogP contribution is 2.43. The monoisotopic (exact) mass is 312 g/mol. The molecular weight excluding hydrogens is 299 g/mol. The molecule has 0 aromatic heterocycles. The van der Waals surface area contributed by atoms with Crippen molar-refractivity contribution in [2.75, 3.05) is 13.1 Å². The van der Waals surface area contributed by atoms with Gasteiger partial charge in [0.1, 0.15) is 0 Å². The van der Waals surface area contributed by atoms with Crippen LogP contribution < -0.4 is 0 Å². The van der Waals surface area contributed by atoms with E-state index in [1.807, 2.05) is 0 Å². The van der Waals surface area contributed by atoms with Crippen molar-refractivity contribution >= 4 is 34.8 Å². The molecule has 0 saturated carbocycles. The maximum atomic E-state index is 4.56. The number of hydrogen-bond acceptors (Lipinski definition) is 2. The zero-order chi connectivity index (χ0) is 10.3. The number of halogens is 1. The Morgan fingerprint density at radius 3 is 2.73 bits per heavy atom. The van der Waals surface area contributed by atoms with Crippen molar-refractivity contribution in [1.29, 1.82) is 0 Å². The van der Waals surface area contributed by atoms with Gasteiger partial charge in [0, 0.05) is 47.6 Å². The lowest BCUT2D eigenvalue weighted by Gasteiger charge is -2.35. The van der Waals surface area contributed by atoms with Crippen LogP contribution in [0.2, 0.25) is 0 Å². The van der Waals surface area contributed by atoms with Gasteiger partial charge in [0.15, 0.2) is 0 Å². The molecule has 0 radical (unpaired) electrons. The van der Waals surface area contributed by atoms with Crippen LogP contribution in [0.15, 0.2) is 29.3 Å². The van der Waals surface area contributed by atoms with Gasteiger partial charge in [-0.2, -0.15) is 0 Å². The minimum atomic E-state index is 0.248. The molecule has 15 heavy (non-hydrogen) atoms. The molecule has 2 heterocycles. The van der Waals surface area contributed by atoms with Crippen LogP contribution in [0.4, 0.5) is 5.69 Å². The van der Waals surface area contributed by atoms with E-state index in [2.05, 4.69) is 61.5 Å². The maximum absolute atomic E-state index is 4.56. The fraction of sp³-hybridized carbons (Fsp3) is 0.417. The summed E-state index contributed by atoms with van der Waals surface area (Å²) in [7, 11) is 0. The molecule has 0 bridgehead atoms. The number of benzene rings is 1. The largest absolute Gasteiger partial charge is 0.260 e. The molecule has 3 heteroatoms. The van der Waals surface area contributed by atoms with E-state index in [0.717, 1.165) is 0 Å². The van der Waals surface area contributed by atoms with E-state index in [-0.39, 0.29) is 5.41 Å². The summed E-state index contributed by atoms with van der Waals surface area (Å²) in [6, 6.07) is 8.57. The summed E-state index contributed by atoms with van der Waals surface area (Å²) in [5.41, 5.74) is 2.87. The smallest absolute Gasteiger partial charge is 0.0667 e. The van der Waals surface area contributed by atoms with Gasteiger partial charge in [-0.15, -0.1) is 0 Å². The van der Waals surface area contributed by atoms with E-state index in [1.54, 1.807) is 0 Å². The number of hydrogen-bond donors (Lipinski definition) is 0. The third-order valence-corrected chi connectivity index (χ3v) is 4.46. The molecular formula is C12H13IN2. The van der Waals surface area contributed by atoms with Gasteiger partial charge in [-0.3, -0.25) is 4.99 Å². The van der Waals surface area contributed by atoms with E-state index in [0.29, 0.717) is 0 Å². The Balaban J connectivity index is 1.99. The normalized spacial score (nSPS) is 23.3. The van der Waals surface area contributed by atoms with E-state index in [4.69, 9.17) is 0 Å². The number of rotatable bonds is 0. The lowest BCUT2D eigenvalue weighted by Crippen LogP contribution is -2.38. The van der Waals surface area contributed by atoms with Crippen molar-refractivity contribution in [1.82, 2.24) is 3.11 Å². The molecule has 1 aromatic carbocycles. The van der Waals surface area contributed by atoms with E-state index in [1.165, 1.54) is 37.2 Å². The third kappa shape index (κ3) is 1.52. The predicted molar refractivity (Wildman–Crippen MR) is 71.1 cm³/mol. The Kier molecular flexibility index (Phi) is 2.32. The molecule has 0 aliphatic carbocycles. The Hall–Kier alpha value is -0.420. The Morgan fingerprint density at radius 1 is 1.20 bits per heavy atom. The van der Waals surface area contributed by atoms with Crippen molar-refractivity contribution in [3.8, 4) is 0 Å². The SMILES string of the molecule is IN1CCC2(C=Nc3ccccc32)CC1. The van der Waals surface area contributed by atoms with Crippen LogP contribution in [-0.2, 0) is 5.41 Å². The molecule has 3 rings (SSSR count). The van der Waals surface area contributed by atoms with E-state index >= 15 is 0 Å². The molecule has 1 fully saturated rings. The van der Waals surface area contributed by atoms with Crippen LogP contribution in [0.3, 0.4) is 0 Å². The van der Waals surface area contributed by atoms with Crippen LogP contribution in [0.1, 0.15) is 18.4 Å². The number of piperidine rings is 1. The number of para-hydroxylation sites is 1. The molecule has 0 unspecified atom stereocenters. The van der Waals surface area contributed by atoms with Gasteiger partial charge in [0.05, 0.1) is 5.69 Å². The minimum Gasteiger partial charge on any atom is -0.260 e. The first-order valence-electron chi connectivity index (χ1n) is 5.36. The highest BCUT2D eigenvalue weighted by molar-refractivity contribution is 14.1. The second kappa shape index (κ2) is 3.56. The summed E-state index contributed by atoms with van der Waals surface area (Å²) in [6.07, 6.45) is 4.59. The Labute approximate surface area is 104 Å². The average molecular weight is 312 g/mol. The third-order valence-electron chi connectivity index (χ3n) is 3.49. The summed E-state index contributed by atoms with van der Waals surface area (Å²) in [5.74, 6) is 0. The van der Waals surface area contributed by atoms with Crippen LogP contribution in [0.25, 0.3) is 0 Å². The second-order valence-electron chi connectivity index (χ2n) is 4.34. The molecule has 1 saturated heterocycles. The molecule has 2 nitrogen and oxygen atoms in total. The van der Waals surface area contributed by atoms with Crippen molar-refractivity contribution in [3.05, 3.63) is 29.8 Å². The first kappa shape index (κ1) is 9.78. The molecule has 1 aromatic rings.